The van der Waals surface area contributed by atoms with Crippen LogP contribution in [-0.2, 0) is 0 Å². The van der Waals surface area contributed by atoms with Crippen LogP contribution in [0.4, 0.5) is 0 Å². The van der Waals surface area contributed by atoms with Gasteiger partial charge >= 0.3 is 0 Å². The fourth-order valence-electron chi connectivity index (χ4n) is 3.67. The number of aromatic nitrogens is 2. The zero-order valence-corrected chi connectivity index (χ0v) is 11.4. The van der Waals surface area contributed by atoms with E-state index in [-0.39, 0.29) is 6.04 Å². The first-order chi connectivity index (χ1) is 9.84. The number of rotatable bonds is 3. The molecule has 1 aromatic carbocycles. The molecule has 2 aliphatic rings. The lowest BCUT2D eigenvalue weighted by atomic mass is 10.0. The van der Waals surface area contributed by atoms with E-state index in [2.05, 4.69) is 10.2 Å². The number of benzene rings is 1. The third-order valence-electron chi connectivity index (χ3n) is 4.82. The monoisotopic (exact) mass is 269 g/mol. The van der Waals surface area contributed by atoms with Crippen LogP contribution in [0.1, 0.15) is 55.0 Å². The van der Waals surface area contributed by atoms with Crippen molar-refractivity contribution in [3.05, 3.63) is 47.7 Å². The Bertz CT molecular complexity index is 583. The first-order valence-electron chi connectivity index (χ1n) is 7.48. The van der Waals surface area contributed by atoms with Crippen LogP contribution in [0.2, 0.25) is 0 Å². The molecule has 3 unspecified atom stereocenters. The molecule has 20 heavy (non-hydrogen) atoms. The second-order valence-corrected chi connectivity index (χ2v) is 6.00. The van der Waals surface area contributed by atoms with E-state index in [4.69, 9.17) is 10.2 Å². The van der Waals surface area contributed by atoms with Crippen LogP contribution in [0.3, 0.4) is 0 Å². The van der Waals surface area contributed by atoms with Gasteiger partial charge in [0.15, 0.2) is 0 Å². The van der Waals surface area contributed by atoms with E-state index in [9.17, 15) is 0 Å². The maximum absolute atomic E-state index is 6.20. The quantitative estimate of drug-likeness (QED) is 0.930. The Kier molecular flexibility index (Phi) is 2.84. The lowest BCUT2D eigenvalue weighted by Gasteiger charge is -2.06. The fraction of sp³-hybridized carbons (Fsp3) is 0.500. The Hall–Kier alpha value is -1.68. The van der Waals surface area contributed by atoms with Crippen molar-refractivity contribution in [1.29, 1.82) is 0 Å². The van der Waals surface area contributed by atoms with Gasteiger partial charge in [0.2, 0.25) is 11.8 Å². The van der Waals surface area contributed by atoms with Crippen molar-refractivity contribution < 1.29 is 4.42 Å². The third-order valence-corrected chi connectivity index (χ3v) is 4.82. The summed E-state index contributed by atoms with van der Waals surface area (Å²) in [5.74, 6) is 3.41. The molecule has 2 aromatic rings. The Morgan fingerprint density at radius 2 is 1.75 bits per heavy atom. The van der Waals surface area contributed by atoms with Crippen molar-refractivity contribution in [1.82, 2.24) is 10.2 Å². The normalized spacial score (nSPS) is 29.8. The summed E-state index contributed by atoms with van der Waals surface area (Å²) in [7, 11) is 0. The lowest BCUT2D eigenvalue weighted by molar-refractivity contribution is 0.428. The van der Waals surface area contributed by atoms with E-state index in [0.29, 0.717) is 11.8 Å². The summed E-state index contributed by atoms with van der Waals surface area (Å²) in [6.45, 7) is 0. The molecule has 1 heterocycles. The maximum atomic E-state index is 6.20. The smallest absolute Gasteiger partial charge is 0.237 e. The van der Waals surface area contributed by atoms with Gasteiger partial charge in [0.05, 0.1) is 0 Å². The molecular formula is C16H19N3O. The largest absolute Gasteiger partial charge is 0.423 e. The number of nitrogens with zero attached hydrogens (tertiary/aromatic N) is 2. The molecule has 104 valence electrons. The van der Waals surface area contributed by atoms with Gasteiger partial charge in [-0.05, 0) is 30.2 Å². The van der Waals surface area contributed by atoms with Gasteiger partial charge in [-0.15, -0.1) is 10.2 Å². The molecule has 2 N–H and O–H groups in total. The van der Waals surface area contributed by atoms with Crippen molar-refractivity contribution in [2.24, 2.45) is 17.6 Å². The van der Waals surface area contributed by atoms with Gasteiger partial charge in [-0.1, -0.05) is 43.2 Å². The van der Waals surface area contributed by atoms with Crippen molar-refractivity contribution >= 4 is 0 Å². The van der Waals surface area contributed by atoms with Crippen LogP contribution in [0.5, 0.6) is 0 Å². The molecule has 0 bridgehead atoms. The zero-order valence-electron chi connectivity index (χ0n) is 11.4. The molecule has 2 saturated carbocycles. The summed E-state index contributed by atoms with van der Waals surface area (Å²) in [5, 5.41) is 8.42. The van der Waals surface area contributed by atoms with Gasteiger partial charge in [0, 0.05) is 5.92 Å². The Labute approximate surface area is 118 Å². The lowest BCUT2D eigenvalue weighted by Crippen LogP contribution is -2.11. The molecular weight excluding hydrogens is 250 g/mol. The summed E-state index contributed by atoms with van der Waals surface area (Å²) in [5.41, 5.74) is 7.21. The van der Waals surface area contributed by atoms with Crippen LogP contribution >= 0.6 is 0 Å². The Morgan fingerprint density at radius 1 is 1.05 bits per heavy atom. The van der Waals surface area contributed by atoms with Crippen LogP contribution in [-0.4, -0.2) is 10.2 Å². The first-order valence-corrected chi connectivity index (χ1v) is 7.48. The zero-order chi connectivity index (χ0) is 13.5. The molecule has 1 aromatic heterocycles. The molecule has 3 atom stereocenters. The summed E-state index contributed by atoms with van der Waals surface area (Å²) < 4.78 is 5.87. The van der Waals surface area contributed by atoms with Crippen LogP contribution in [0.25, 0.3) is 0 Å². The molecule has 4 rings (SSSR count). The molecule has 0 amide bonds. The Balaban J connectivity index is 1.54. The summed E-state index contributed by atoms with van der Waals surface area (Å²) >= 11 is 0. The van der Waals surface area contributed by atoms with Gasteiger partial charge in [-0.2, -0.15) is 0 Å². The van der Waals surface area contributed by atoms with Crippen molar-refractivity contribution in [2.75, 3.05) is 0 Å². The molecule has 2 aliphatic carbocycles. The molecule has 0 spiro atoms. The minimum atomic E-state index is -0.321. The molecule has 0 aliphatic heterocycles. The highest BCUT2D eigenvalue weighted by atomic mass is 16.4. The van der Waals surface area contributed by atoms with Crippen LogP contribution in [0.15, 0.2) is 34.7 Å². The van der Waals surface area contributed by atoms with E-state index in [0.717, 1.165) is 23.3 Å². The first kappa shape index (κ1) is 12.1. The highest BCUT2D eigenvalue weighted by molar-refractivity contribution is 5.23. The molecule has 0 saturated heterocycles. The SMILES string of the molecule is NC(c1ccccc1)c1nnc(C2C3CCCCC32)o1. The summed E-state index contributed by atoms with van der Waals surface area (Å²) in [4.78, 5) is 0. The molecule has 4 nitrogen and oxygen atoms in total. The number of hydrogen-bond donors (Lipinski definition) is 1. The van der Waals surface area contributed by atoms with E-state index in [1.807, 2.05) is 30.3 Å². The van der Waals surface area contributed by atoms with Gasteiger partial charge in [-0.25, -0.2) is 0 Å². The third kappa shape index (κ3) is 1.95. The molecule has 2 fully saturated rings. The highest BCUT2D eigenvalue weighted by Gasteiger charge is 2.54. The molecule has 4 heteroatoms. The molecule has 0 radical (unpaired) electrons. The standard InChI is InChI=1S/C16H19N3O/c17-14(10-6-2-1-3-7-10)16-19-18-15(20-16)13-11-8-4-5-9-12(11)13/h1-3,6-7,11-14H,4-5,8-9,17H2. The second kappa shape index (κ2) is 4.70. The van der Waals surface area contributed by atoms with Gasteiger partial charge in [0.1, 0.15) is 6.04 Å². The van der Waals surface area contributed by atoms with Crippen LogP contribution < -0.4 is 5.73 Å². The van der Waals surface area contributed by atoms with Crippen molar-refractivity contribution in [3.8, 4) is 0 Å². The maximum Gasteiger partial charge on any atom is 0.237 e. The summed E-state index contributed by atoms with van der Waals surface area (Å²) in [6, 6.07) is 9.59. The number of fused-ring (bicyclic) bond motifs is 1. The highest BCUT2D eigenvalue weighted by Crippen LogP contribution is 2.60. The predicted octanol–water partition coefficient (Wildman–Crippen LogP) is 3.02. The topological polar surface area (TPSA) is 64.9 Å². The number of hydrogen-bond acceptors (Lipinski definition) is 4. The van der Waals surface area contributed by atoms with Gasteiger partial charge < -0.3 is 10.2 Å². The van der Waals surface area contributed by atoms with Gasteiger partial charge in [0.25, 0.3) is 0 Å². The van der Waals surface area contributed by atoms with E-state index in [1.54, 1.807) is 0 Å². The Morgan fingerprint density at radius 3 is 2.45 bits per heavy atom. The average Bonchev–Trinajstić information content (AvgIpc) is 3.04. The minimum Gasteiger partial charge on any atom is -0.423 e. The number of nitrogens with two attached hydrogens (primary N) is 1. The average molecular weight is 269 g/mol. The second-order valence-electron chi connectivity index (χ2n) is 6.00. The van der Waals surface area contributed by atoms with Gasteiger partial charge in [-0.3, -0.25) is 0 Å². The summed E-state index contributed by atoms with van der Waals surface area (Å²) in [6.07, 6.45) is 5.33. The van der Waals surface area contributed by atoms with Crippen molar-refractivity contribution in [3.63, 3.8) is 0 Å². The van der Waals surface area contributed by atoms with E-state index in [1.165, 1.54) is 25.7 Å². The van der Waals surface area contributed by atoms with Crippen molar-refractivity contribution in [2.45, 2.75) is 37.6 Å². The van der Waals surface area contributed by atoms with E-state index < -0.39 is 0 Å². The minimum absolute atomic E-state index is 0.321. The fourth-order valence-corrected chi connectivity index (χ4v) is 3.67. The van der Waals surface area contributed by atoms with Crippen LogP contribution in [0, 0.1) is 11.8 Å². The predicted molar refractivity (Wildman–Crippen MR) is 75.0 cm³/mol. The van der Waals surface area contributed by atoms with E-state index >= 15 is 0 Å².